The van der Waals surface area contributed by atoms with Crippen LogP contribution in [-0.2, 0) is 9.47 Å². The maximum Gasteiger partial charge on any atom is 0.508 e. The number of cyclic esters (lactones) is 2. The van der Waals surface area contributed by atoms with Crippen molar-refractivity contribution in [1.29, 1.82) is 0 Å². The minimum absolute atomic E-state index is 0.269. The molecule has 1 saturated heterocycles. The molecule has 1 atom stereocenters. The highest BCUT2D eigenvalue weighted by atomic mass is 16.8. The quantitative estimate of drug-likeness (QED) is 0.712. The molecule has 1 heterocycles. The summed E-state index contributed by atoms with van der Waals surface area (Å²) >= 11 is 0. The first-order valence-corrected chi connectivity index (χ1v) is 4.77. The lowest BCUT2D eigenvalue weighted by molar-refractivity contribution is 0.0983. The standard InChI is InChI=1S/C11H12O4/c1-8-3-2-4-9(5-8)13-6-10-7-14-11(12)15-10/h2-5,10H,6-7H2,1H3. The molecule has 2 rings (SSSR count). The van der Waals surface area contributed by atoms with Crippen LogP contribution in [0.15, 0.2) is 24.3 Å². The number of hydrogen-bond donors (Lipinski definition) is 0. The van der Waals surface area contributed by atoms with Crippen LogP contribution >= 0.6 is 0 Å². The van der Waals surface area contributed by atoms with Gasteiger partial charge >= 0.3 is 6.16 Å². The van der Waals surface area contributed by atoms with Crippen molar-refractivity contribution in [2.24, 2.45) is 0 Å². The summed E-state index contributed by atoms with van der Waals surface area (Å²) in [5.74, 6) is 0.776. The number of hydrogen-bond acceptors (Lipinski definition) is 4. The molecular weight excluding hydrogens is 196 g/mol. The van der Waals surface area contributed by atoms with E-state index in [9.17, 15) is 4.79 Å². The normalized spacial score (nSPS) is 19.5. The SMILES string of the molecule is Cc1cccc(OCC2COC(=O)O2)c1. The van der Waals surface area contributed by atoms with Crippen molar-refractivity contribution >= 4 is 6.16 Å². The first-order chi connectivity index (χ1) is 7.24. The van der Waals surface area contributed by atoms with Crippen molar-refractivity contribution in [1.82, 2.24) is 0 Å². The minimum Gasteiger partial charge on any atom is -0.490 e. The van der Waals surface area contributed by atoms with E-state index in [1.54, 1.807) is 0 Å². The Morgan fingerprint density at radius 2 is 2.40 bits per heavy atom. The Morgan fingerprint density at radius 1 is 1.53 bits per heavy atom. The van der Waals surface area contributed by atoms with Crippen LogP contribution in [0.1, 0.15) is 5.56 Å². The smallest absolute Gasteiger partial charge is 0.490 e. The molecule has 0 spiro atoms. The molecular formula is C11H12O4. The van der Waals surface area contributed by atoms with E-state index in [0.717, 1.165) is 11.3 Å². The van der Waals surface area contributed by atoms with Crippen LogP contribution in [0.2, 0.25) is 0 Å². The van der Waals surface area contributed by atoms with Crippen molar-refractivity contribution < 1.29 is 19.0 Å². The highest BCUT2D eigenvalue weighted by Gasteiger charge is 2.25. The Labute approximate surface area is 87.8 Å². The molecule has 0 aliphatic carbocycles. The molecule has 0 N–H and O–H groups in total. The Kier molecular flexibility index (Phi) is 2.76. The third-order valence-electron chi connectivity index (χ3n) is 2.08. The van der Waals surface area contributed by atoms with Gasteiger partial charge in [-0.1, -0.05) is 12.1 Å². The van der Waals surface area contributed by atoms with Gasteiger partial charge < -0.3 is 14.2 Å². The average Bonchev–Trinajstić information content (AvgIpc) is 2.62. The first-order valence-electron chi connectivity index (χ1n) is 4.77. The Bertz CT molecular complexity index is 361. The number of rotatable bonds is 3. The van der Waals surface area contributed by atoms with Gasteiger partial charge in [-0.15, -0.1) is 0 Å². The van der Waals surface area contributed by atoms with E-state index in [-0.39, 0.29) is 12.7 Å². The molecule has 1 aromatic rings. The molecule has 4 heteroatoms. The second-order valence-electron chi connectivity index (χ2n) is 3.43. The summed E-state index contributed by atoms with van der Waals surface area (Å²) < 4.78 is 14.9. The van der Waals surface area contributed by atoms with E-state index in [1.807, 2.05) is 31.2 Å². The molecule has 80 valence electrons. The van der Waals surface area contributed by atoms with E-state index >= 15 is 0 Å². The van der Waals surface area contributed by atoms with Crippen LogP contribution in [0.25, 0.3) is 0 Å². The highest BCUT2D eigenvalue weighted by molar-refractivity contribution is 5.61. The fraction of sp³-hybridized carbons (Fsp3) is 0.364. The van der Waals surface area contributed by atoms with Crippen LogP contribution < -0.4 is 4.74 Å². The largest absolute Gasteiger partial charge is 0.508 e. The van der Waals surface area contributed by atoms with Crippen LogP contribution in [0, 0.1) is 6.92 Å². The molecule has 1 fully saturated rings. The van der Waals surface area contributed by atoms with Crippen molar-refractivity contribution in [3.63, 3.8) is 0 Å². The average molecular weight is 208 g/mol. The number of carbonyl (C=O) groups is 1. The zero-order valence-electron chi connectivity index (χ0n) is 8.43. The van der Waals surface area contributed by atoms with E-state index in [0.29, 0.717) is 6.61 Å². The second-order valence-corrected chi connectivity index (χ2v) is 3.43. The molecule has 0 amide bonds. The van der Waals surface area contributed by atoms with Gasteiger partial charge in [0.25, 0.3) is 0 Å². The summed E-state index contributed by atoms with van der Waals surface area (Å²) in [5.41, 5.74) is 1.13. The van der Waals surface area contributed by atoms with Gasteiger partial charge in [0, 0.05) is 0 Å². The highest BCUT2D eigenvalue weighted by Crippen LogP contribution is 2.14. The Morgan fingerprint density at radius 3 is 3.07 bits per heavy atom. The van der Waals surface area contributed by atoms with Gasteiger partial charge in [-0.3, -0.25) is 0 Å². The predicted octanol–water partition coefficient (Wildman–Crippen LogP) is 1.91. The van der Waals surface area contributed by atoms with Crippen molar-refractivity contribution in [2.45, 2.75) is 13.0 Å². The molecule has 1 aromatic carbocycles. The van der Waals surface area contributed by atoms with E-state index in [1.165, 1.54) is 0 Å². The number of ether oxygens (including phenoxy) is 3. The van der Waals surface area contributed by atoms with Gasteiger partial charge in [-0.05, 0) is 24.6 Å². The minimum atomic E-state index is -0.618. The molecule has 1 aliphatic heterocycles. The Hall–Kier alpha value is -1.71. The lowest BCUT2D eigenvalue weighted by Crippen LogP contribution is -2.19. The predicted molar refractivity (Wildman–Crippen MR) is 52.9 cm³/mol. The summed E-state index contributed by atoms with van der Waals surface area (Å²) in [6, 6.07) is 7.70. The van der Waals surface area contributed by atoms with Gasteiger partial charge in [-0.2, -0.15) is 0 Å². The molecule has 4 nitrogen and oxygen atoms in total. The van der Waals surface area contributed by atoms with E-state index in [4.69, 9.17) is 9.47 Å². The molecule has 1 aliphatic rings. The monoisotopic (exact) mass is 208 g/mol. The molecule has 0 bridgehead atoms. The number of aryl methyl sites for hydroxylation is 1. The topological polar surface area (TPSA) is 44.8 Å². The van der Waals surface area contributed by atoms with Crippen molar-refractivity contribution in [3.05, 3.63) is 29.8 Å². The number of carbonyl (C=O) groups excluding carboxylic acids is 1. The summed E-state index contributed by atoms with van der Waals surface area (Å²) in [4.78, 5) is 10.6. The van der Waals surface area contributed by atoms with Gasteiger partial charge in [0.15, 0.2) is 6.10 Å². The second kappa shape index (κ2) is 4.21. The third kappa shape index (κ3) is 2.62. The van der Waals surface area contributed by atoms with Crippen molar-refractivity contribution in [2.75, 3.05) is 13.2 Å². The Balaban J connectivity index is 1.85. The fourth-order valence-electron chi connectivity index (χ4n) is 1.34. The third-order valence-corrected chi connectivity index (χ3v) is 2.08. The molecule has 1 unspecified atom stereocenters. The van der Waals surface area contributed by atoms with Crippen LogP contribution in [0.5, 0.6) is 5.75 Å². The lowest BCUT2D eigenvalue weighted by atomic mass is 10.2. The van der Waals surface area contributed by atoms with Gasteiger partial charge in [-0.25, -0.2) is 4.79 Å². The van der Waals surface area contributed by atoms with Gasteiger partial charge in [0.2, 0.25) is 0 Å². The van der Waals surface area contributed by atoms with Crippen LogP contribution in [0.4, 0.5) is 4.79 Å². The molecule has 15 heavy (non-hydrogen) atoms. The zero-order valence-corrected chi connectivity index (χ0v) is 8.43. The molecule has 0 radical (unpaired) electrons. The molecule has 0 aromatic heterocycles. The zero-order chi connectivity index (χ0) is 10.7. The maximum absolute atomic E-state index is 10.6. The fourth-order valence-corrected chi connectivity index (χ4v) is 1.34. The summed E-state index contributed by atoms with van der Waals surface area (Å²) in [5, 5.41) is 0. The van der Waals surface area contributed by atoms with Crippen molar-refractivity contribution in [3.8, 4) is 5.75 Å². The van der Waals surface area contributed by atoms with E-state index in [2.05, 4.69) is 4.74 Å². The number of benzene rings is 1. The van der Waals surface area contributed by atoms with Crippen LogP contribution in [-0.4, -0.2) is 25.5 Å². The summed E-state index contributed by atoms with van der Waals surface area (Å²) in [6.45, 7) is 2.59. The van der Waals surface area contributed by atoms with E-state index < -0.39 is 6.16 Å². The molecule has 0 saturated carbocycles. The lowest BCUT2D eigenvalue weighted by Gasteiger charge is -2.09. The van der Waals surface area contributed by atoms with Gasteiger partial charge in [0.05, 0.1) is 0 Å². The van der Waals surface area contributed by atoms with Crippen LogP contribution in [0.3, 0.4) is 0 Å². The first kappa shape index (κ1) is 9.83. The van der Waals surface area contributed by atoms with Gasteiger partial charge in [0.1, 0.15) is 19.0 Å². The summed E-state index contributed by atoms with van der Waals surface area (Å²) in [6.07, 6.45) is -0.911. The summed E-state index contributed by atoms with van der Waals surface area (Å²) in [7, 11) is 0. The maximum atomic E-state index is 10.6.